The molecule has 0 unspecified atom stereocenters. The molecule has 2 rings (SSSR count). The zero-order valence-corrected chi connectivity index (χ0v) is 12.4. The molecule has 0 aliphatic heterocycles. The van der Waals surface area contributed by atoms with E-state index in [0.29, 0.717) is 6.42 Å². The van der Waals surface area contributed by atoms with E-state index >= 15 is 0 Å². The summed E-state index contributed by atoms with van der Waals surface area (Å²) >= 11 is 0. The normalized spacial score (nSPS) is 11.9. The van der Waals surface area contributed by atoms with E-state index < -0.39 is 21.7 Å². The number of sulfonamides is 1. The molecule has 0 radical (unpaired) electrons. The molecule has 1 aromatic carbocycles. The summed E-state index contributed by atoms with van der Waals surface area (Å²) in [6.45, 7) is 3.44. The van der Waals surface area contributed by atoms with Crippen LogP contribution in [0.5, 0.6) is 0 Å². The molecule has 0 aliphatic carbocycles. The number of rotatable bonds is 4. The smallest absolute Gasteiger partial charge is 0.233 e. The van der Waals surface area contributed by atoms with Gasteiger partial charge in [0, 0.05) is 6.07 Å². The Kier molecular flexibility index (Phi) is 4.11. The third kappa shape index (κ3) is 2.81. The maximum atomic E-state index is 13.9. The molecule has 0 saturated heterocycles. The Labute approximate surface area is 121 Å². The van der Waals surface area contributed by atoms with Gasteiger partial charge in [-0.3, -0.25) is 0 Å². The Morgan fingerprint density at radius 2 is 1.90 bits per heavy atom. The highest BCUT2D eigenvalue weighted by atomic mass is 32.2. The lowest BCUT2D eigenvalue weighted by atomic mass is 10.2. The summed E-state index contributed by atoms with van der Waals surface area (Å²) in [5.41, 5.74) is 0.524. The number of aryl methyl sites for hydroxylation is 1. The highest BCUT2D eigenvalue weighted by Gasteiger charge is 2.25. The van der Waals surface area contributed by atoms with Crippen molar-refractivity contribution in [3.63, 3.8) is 0 Å². The van der Waals surface area contributed by atoms with E-state index in [-0.39, 0.29) is 28.4 Å². The second-order valence-electron chi connectivity index (χ2n) is 4.48. The van der Waals surface area contributed by atoms with E-state index in [1.54, 1.807) is 13.8 Å². The maximum absolute atomic E-state index is 13.9. The molecule has 114 valence electrons. The minimum atomic E-state index is -3.98. The molecule has 5 nitrogen and oxygen atoms in total. The monoisotopic (exact) mass is 315 g/mol. The van der Waals surface area contributed by atoms with Crippen molar-refractivity contribution in [2.75, 3.05) is 0 Å². The molecule has 1 aromatic heterocycles. The number of hydrogen-bond donors (Lipinski definition) is 1. The lowest BCUT2D eigenvalue weighted by Gasteiger charge is -2.08. The molecule has 0 amide bonds. The lowest BCUT2D eigenvalue weighted by molar-refractivity contribution is 0.570. The van der Waals surface area contributed by atoms with Crippen LogP contribution in [0.1, 0.15) is 25.2 Å². The summed E-state index contributed by atoms with van der Waals surface area (Å²) in [5, 5.41) is 9.35. The third-order valence-electron chi connectivity index (χ3n) is 3.09. The topological polar surface area (TPSA) is 78.0 Å². The van der Waals surface area contributed by atoms with Gasteiger partial charge in [-0.2, -0.15) is 5.10 Å². The van der Waals surface area contributed by atoms with Gasteiger partial charge in [0.1, 0.15) is 16.4 Å². The van der Waals surface area contributed by atoms with Crippen LogP contribution in [0.25, 0.3) is 5.69 Å². The molecule has 0 spiro atoms. The van der Waals surface area contributed by atoms with Gasteiger partial charge in [0.2, 0.25) is 10.0 Å². The minimum absolute atomic E-state index is 0.0159. The van der Waals surface area contributed by atoms with Crippen molar-refractivity contribution in [2.45, 2.75) is 31.6 Å². The summed E-state index contributed by atoms with van der Waals surface area (Å²) in [6, 6.07) is 3.02. The molecule has 0 fully saturated rings. The van der Waals surface area contributed by atoms with Crippen LogP contribution in [-0.2, 0) is 22.9 Å². The van der Waals surface area contributed by atoms with Crippen molar-refractivity contribution in [2.24, 2.45) is 5.14 Å². The molecule has 21 heavy (non-hydrogen) atoms. The Bertz CT molecular complexity index is 785. The predicted octanol–water partition coefficient (Wildman–Crippen LogP) is 1.92. The average molecular weight is 315 g/mol. The van der Waals surface area contributed by atoms with Crippen molar-refractivity contribution in [1.29, 1.82) is 0 Å². The van der Waals surface area contributed by atoms with E-state index in [0.717, 1.165) is 12.1 Å². The first-order chi connectivity index (χ1) is 9.79. The van der Waals surface area contributed by atoms with E-state index in [4.69, 9.17) is 5.14 Å². The van der Waals surface area contributed by atoms with Gasteiger partial charge < -0.3 is 0 Å². The van der Waals surface area contributed by atoms with Crippen LogP contribution in [0, 0.1) is 11.6 Å². The van der Waals surface area contributed by atoms with Crippen molar-refractivity contribution < 1.29 is 17.2 Å². The van der Waals surface area contributed by atoms with Crippen LogP contribution in [0.2, 0.25) is 0 Å². The van der Waals surface area contributed by atoms with E-state index in [9.17, 15) is 17.2 Å². The predicted molar refractivity (Wildman–Crippen MR) is 73.6 cm³/mol. The van der Waals surface area contributed by atoms with E-state index in [2.05, 4.69) is 5.10 Å². The Morgan fingerprint density at radius 3 is 2.38 bits per heavy atom. The third-order valence-corrected chi connectivity index (χ3v) is 4.13. The molecule has 8 heteroatoms. The summed E-state index contributed by atoms with van der Waals surface area (Å²) < 4.78 is 51.6. The standard InChI is InChI=1S/C13H15F2N3O2S/c1-3-10-13(21(16,19)20)11(4-2)18(17-10)12-6-5-8(14)7-9(12)15/h5-7H,3-4H2,1-2H3,(H2,16,19,20). The maximum Gasteiger partial charge on any atom is 0.241 e. The van der Waals surface area contributed by atoms with Crippen LogP contribution in [0.4, 0.5) is 8.78 Å². The zero-order valence-electron chi connectivity index (χ0n) is 11.6. The van der Waals surface area contributed by atoms with Crippen LogP contribution >= 0.6 is 0 Å². The number of halogens is 2. The van der Waals surface area contributed by atoms with Crippen molar-refractivity contribution in [3.05, 3.63) is 41.2 Å². The Hall–Kier alpha value is -1.80. The Morgan fingerprint density at radius 1 is 1.24 bits per heavy atom. The quantitative estimate of drug-likeness (QED) is 0.936. The van der Waals surface area contributed by atoms with E-state index in [1.807, 2.05) is 0 Å². The molecule has 0 aliphatic rings. The summed E-state index contributed by atoms with van der Waals surface area (Å²) in [4.78, 5) is -0.0868. The minimum Gasteiger partial charge on any atom is -0.233 e. The fourth-order valence-electron chi connectivity index (χ4n) is 2.21. The average Bonchev–Trinajstić information content (AvgIpc) is 2.77. The first-order valence-electron chi connectivity index (χ1n) is 6.38. The largest absolute Gasteiger partial charge is 0.241 e. The fourth-order valence-corrected chi connectivity index (χ4v) is 3.28. The second-order valence-corrected chi connectivity index (χ2v) is 5.98. The highest BCUT2D eigenvalue weighted by molar-refractivity contribution is 7.89. The number of primary sulfonamides is 1. The van der Waals surface area contributed by atoms with Crippen LogP contribution < -0.4 is 5.14 Å². The molecule has 0 saturated carbocycles. The number of aromatic nitrogens is 2. The van der Waals surface area contributed by atoms with E-state index in [1.165, 1.54) is 10.7 Å². The highest BCUT2D eigenvalue weighted by Crippen LogP contribution is 2.25. The summed E-state index contributed by atoms with van der Waals surface area (Å²) in [7, 11) is -3.98. The van der Waals surface area contributed by atoms with Gasteiger partial charge in [-0.1, -0.05) is 13.8 Å². The molecular formula is C13H15F2N3O2S. The van der Waals surface area contributed by atoms with Gasteiger partial charge in [0.25, 0.3) is 0 Å². The van der Waals surface area contributed by atoms with Gasteiger partial charge in [-0.05, 0) is 25.0 Å². The molecule has 0 atom stereocenters. The first kappa shape index (κ1) is 15.6. The SMILES string of the molecule is CCc1nn(-c2ccc(F)cc2F)c(CC)c1S(N)(=O)=O. The summed E-state index contributed by atoms with van der Waals surface area (Å²) in [6.07, 6.45) is 0.615. The van der Waals surface area contributed by atoms with Gasteiger partial charge in [-0.25, -0.2) is 27.0 Å². The van der Waals surface area contributed by atoms with Crippen molar-refractivity contribution >= 4 is 10.0 Å². The van der Waals surface area contributed by atoms with Gasteiger partial charge in [0.15, 0.2) is 5.82 Å². The molecule has 2 aromatic rings. The van der Waals surface area contributed by atoms with Crippen LogP contribution in [-0.4, -0.2) is 18.2 Å². The Balaban J connectivity index is 2.79. The number of nitrogens with two attached hydrogens (primary N) is 1. The molecule has 1 heterocycles. The van der Waals surface area contributed by atoms with Gasteiger partial charge in [0.05, 0.1) is 11.4 Å². The second kappa shape index (κ2) is 5.53. The number of benzene rings is 1. The zero-order chi connectivity index (χ0) is 15.8. The number of nitrogens with zero attached hydrogens (tertiary/aromatic N) is 2. The lowest BCUT2D eigenvalue weighted by Crippen LogP contribution is -2.16. The van der Waals surface area contributed by atoms with Crippen molar-refractivity contribution in [1.82, 2.24) is 9.78 Å². The number of hydrogen-bond acceptors (Lipinski definition) is 3. The van der Waals surface area contributed by atoms with Crippen molar-refractivity contribution in [3.8, 4) is 5.69 Å². The van der Waals surface area contributed by atoms with Crippen LogP contribution in [0.3, 0.4) is 0 Å². The van der Waals surface area contributed by atoms with Crippen LogP contribution in [0.15, 0.2) is 23.1 Å². The molecular weight excluding hydrogens is 300 g/mol. The first-order valence-corrected chi connectivity index (χ1v) is 7.93. The summed E-state index contributed by atoms with van der Waals surface area (Å²) in [5.74, 6) is -1.54. The molecule has 2 N–H and O–H groups in total. The van der Waals surface area contributed by atoms with Gasteiger partial charge >= 0.3 is 0 Å². The fraction of sp³-hybridized carbons (Fsp3) is 0.308. The molecule has 0 bridgehead atoms. The van der Waals surface area contributed by atoms with Gasteiger partial charge in [-0.15, -0.1) is 0 Å².